The molecule has 3 unspecified atom stereocenters. The van der Waals surface area contributed by atoms with Crippen molar-refractivity contribution in [2.75, 3.05) is 12.4 Å². The molecule has 2 N–H and O–H groups in total. The van der Waals surface area contributed by atoms with Crippen molar-refractivity contribution in [3.8, 4) is 0 Å². The topological polar surface area (TPSA) is 54.0 Å². The van der Waals surface area contributed by atoms with Crippen LogP contribution in [0.3, 0.4) is 0 Å². The first-order valence-electron chi connectivity index (χ1n) is 7.04. The van der Waals surface area contributed by atoms with Gasteiger partial charge in [0.2, 0.25) is 0 Å². The first kappa shape index (κ1) is 13.8. The summed E-state index contributed by atoms with van der Waals surface area (Å²) in [5.41, 5.74) is 0.629. The van der Waals surface area contributed by atoms with Gasteiger partial charge >= 0.3 is 0 Å². The maximum absolute atomic E-state index is 12.2. The molecule has 0 aromatic carbocycles. The molecule has 19 heavy (non-hydrogen) atoms. The van der Waals surface area contributed by atoms with Crippen molar-refractivity contribution < 1.29 is 4.79 Å². The SMILES string of the molecule is CNc1ccc(C(=O)NC2CCC(C)CC2C)cn1. The summed E-state index contributed by atoms with van der Waals surface area (Å²) >= 11 is 0. The first-order valence-corrected chi connectivity index (χ1v) is 7.04. The molecule has 3 atom stereocenters. The predicted octanol–water partition coefficient (Wildman–Crippen LogP) is 2.68. The quantitative estimate of drug-likeness (QED) is 0.879. The summed E-state index contributed by atoms with van der Waals surface area (Å²) in [6.45, 7) is 4.51. The van der Waals surface area contributed by atoms with Gasteiger partial charge in [-0.3, -0.25) is 4.79 Å². The van der Waals surface area contributed by atoms with E-state index in [4.69, 9.17) is 0 Å². The number of aromatic nitrogens is 1. The number of carbonyl (C=O) groups is 1. The van der Waals surface area contributed by atoms with Crippen molar-refractivity contribution in [1.82, 2.24) is 10.3 Å². The van der Waals surface area contributed by atoms with Crippen LogP contribution in [0.4, 0.5) is 5.82 Å². The summed E-state index contributed by atoms with van der Waals surface area (Å²) in [7, 11) is 1.81. The molecule has 1 saturated carbocycles. The number of anilines is 1. The van der Waals surface area contributed by atoms with Gasteiger partial charge in [0.15, 0.2) is 0 Å². The molecule has 1 amide bonds. The van der Waals surface area contributed by atoms with E-state index in [1.54, 1.807) is 6.20 Å². The van der Waals surface area contributed by atoms with E-state index in [0.717, 1.165) is 18.2 Å². The highest BCUT2D eigenvalue weighted by molar-refractivity contribution is 5.94. The van der Waals surface area contributed by atoms with Crippen LogP contribution < -0.4 is 10.6 Å². The lowest BCUT2D eigenvalue weighted by atomic mass is 9.80. The van der Waals surface area contributed by atoms with Gasteiger partial charge < -0.3 is 10.6 Å². The van der Waals surface area contributed by atoms with Gasteiger partial charge in [0.25, 0.3) is 5.91 Å². The Labute approximate surface area is 115 Å². The molecule has 104 valence electrons. The fourth-order valence-electron chi connectivity index (χ4n) is 2.81. The highest BCUT2D eigenvalue weighted by Gasteiger charge is 2.26. The lowest BCUT2D eigenvalue weighted by molar-refractivity contribution is 0.0899. The van der Waals surface area contributed by atoms with Crippen molar-refractivity contribution in [3.05, 3.63) is 23.9 Å². The van der Waals surface area contributed by atoms with Crippen LogP contribution >= 0.6 is 0 Å². The van der Waals surface area contributed by atoms with E-state index in [-0.39, 0.29) is 5.91 Å². The Morgan fingerprint density at radius 3 is 2.68 bits per heavy atom. The molecule has 0 saturated heterocycles. The van der Waals surface area contributed by atoms with Crippen LogP contribution in [0.25, 0.3) is 0 Å². The van der Waals surface area contributed by atoms with Gasteiger partial charge in [0, 0.05) is 19.3 Å². The monoisotopic (exact) mass is 261 g/mol. The number of rotatable bonds is 3. The molecule has 1 fully saturated rings. The summed E-state index contributed by atoms with van der Waals surface area (Å²) in [5, 5.41) is 6.09. The van der Waals surface area contributed by atoms with E-state index in [0.29, 0.717) is 17.5 Å². The summed E-state index contributed by atoms with van der Waals surface area (Å²) in [6, 6.07) is 3.93. The van der Waals surface area contributed by atoms with Gasteiger partial charge in [0.05, 0.1) is 5.56 Å². The highest BCUT2D eigenvalue weighted by Crippen LogP contribution is 2.28. The number of carbonyl (C=O) groups excluding carboxylic acids is 1. The second-order valence-electron chi connectivity index (χ2n) is 5.66. The molecular weight excluding hydrogens is 238 g/mol. The zero-order valence-corrected chi connectivity index (χ0v) is 11.9. The lowest BCUT2D eigenvalue weighted by Crippen LogP contribution is -2.42. The Kier molecular flexibility index (Phi) is 4.40. The third kappa shape index (κ3) is 3.46. The van der Waals surface area contributed by atoms with E-state index in [2.05, 4.69) is 29.5 Å². The normalized spacial score (nSPS) is 26.8. The van der Waals surface area contributed by atoms with E-state index in [9.17, 15) is 4.79 Å². The molecule has 0 spiro atoms. The van der Waals surface area contributed by atoms with E-state index >= 15 is 0 Å². The lowest BCUT2D eigenvalue weighted by Gasteiger charge is -2.33. The van der Waals surface area contributed by atoms with Crippen LogP contribution in [0.1, 0.15) is 43.5 Å². The molecule has 2 rings (SSSR count). The van der Waals surface area contributed by atoms with Crippen LogP contribution in [0.15, 0.2) is 18.3 Å². The minimum atomic E-state index is -0.0124. The van der Waals surface area contributed by atoms with Gasteiger partial charge in [-0.2, -0.15) is 0 Å². The molecular formula is C15H23N3O. The van der Waals surface area contributed by atoms with E-state index < -0.39 is 0 Å². The molecule has 4 nitrogen and oxygen atoms in total. The van der Waals surface area contributed by atoms with Crippen LogP contribution in [0, 0.1) is 11.8 Å². The van der Waals surface area contributed by atoms with Gasteiger partial charge in [-0.05, 0) is 43.2 Å². The summed E-state index contributed by atoms with van der Waals surface area (Å²) in [4.78, 5) is 16.3. The van der Waals surface area contributed by atoms with Crippen molar-refractivity contribution in [2.24, 2.45) is 11.8 Å². The van der Waals surface area contributed by atoms with Crippen LogP contribution in [0.5, 0.6) is 0 Å². The number of nitrogens with zero attached hydrogens (tertiary/aromatic N) is 1. The zero-order valence-electron chi connectivity index (χ0n) is 11.9. The molecule has 1 aromatic heterocycles. The van der Waals surface area contributed by atoms with Crippen LogP contribution in [0.2, 0.25) is 0 Å². The third-order valence-corrected chi connectivity index (χ3v) is 4.03. The van der Waals surface area contributed by atoms with Crippen molar-refractivity contribution in [3.63, 3.8) is 0 Å². The van der Waals surface area contributed by atoms with Crippen molar-refractivity contribution in [1.29, 1.82) is 0 Å². The second-order valence-corrected chi connectivity index (χ2v) is 5.66. The Hall–Kier alpha value is -1.58. The number of pyridine rings is 1. The number of nitrogens with one attached hydrogen (secondary N) is 2. The summed E-state index contributed by atoms with van der Waals surface area (Å²) in [6.07, 6.45) is 5.10. The second kappa shape index (κ2) is 6.04. The molecule has 0 bridgehead atoms. The average molecular weight is 261 g/mol. The Morgan fingerprint density at radius 1 is 1.32 bits per heavy atom. The maximum atomic E-state index is 12.2. The van der Waals surface area contributed by atoms with Gasteiger partial charge in [-0.25, -0.2) is 4.98 Å². The molecule has 4 heteroatoms. The summed E-state index contributed by atoms with van der Waals surface area (Å²) < 4.78 is 0. The molecule has 1 heterocycles. The van der Waals surface area contributed by atoms with E-state index in [1.807, 2.05) is 19.2 Å². The van der Waals surface area contributed by atoms with Crippen molar-refractivity contribution >= 4 is 11.7 Å². The highest BCUT2D eigenvalue weighted by atomic mass is 16.1. The van der Waals surface area contributed by atoms with Gasteiger partial charge in [-0.15, -0.1) is 0 Å². The van der Waals surface area contributed by atoms with Crippen molar-refractivity contribution in [2.45, 2.75) is 39.2 Å². The molecule has 1 aromatic rings. The molecule has 1 aliphatic carbocycles. The third-order valence-electron chi connectivity index (χ3n) is 4.03. The fraction of sp³-hybridized carbons (Fsp3) is 0.600. The van der Waals surface area contributed by atoms with E-state index in [1.165, 1.54) is 12.8 Å². The molecule has 1 aliphatic rings. The first-order chi connectivity index (χ1) is 9.10. The minimum absolute atomic E-state index is 0.0124. The largest absolute Gasteiger partial charge is 0.373 e. The minimum Gasteiger partial charge on any atom is -0.373 e. The molecule has 0 aliphatic heterocycles. The fourth-order valence-corrected chi connectivity index (χ4v) is 2.81. The van der Waals surface area contributed by atoms with Crippen LogP contribution in [-0.4, -0.2) is 24.0 Å². The average Bonchev–Trinajstić information content (AvgIpc) is 2.42. The molecule has 0 radical (unpaired) electrons. The predicted molar refractivity (Wildman–Crippen MR) is 77.2 cm³/mol. The number of hydrogen-bond acceptors (Lipinski definition) is 3. The number of hydrogen-bond donors (Lipinski definition) is 2. The van der Waals surface area contributed by atoms with Gasteiger partial charge in [-0.1, -0.05) is 13.8 Å². The Bertz CT molecular complexity index is 430. The standard InChI is InChI=1S/C15H23N3O/c1-10-4-6-13(11(2)8-10)18-15(19)12-5-7-14(16-3)17-9-12/h5,7,9-11,13H,4,6,8H2,1-3H3,(H,16,17)(H,18,19). The summed E-state index contributed by atoms with van der Waals surface area (Å²) in [5.74, 6) is 2.09. The van der Waals surface area contributed by atoms with Crippen LogP contribution in [-0.2, 0) is 0 Å². The Morgan fingerprint density at radius 2 is 2.11 bits per heavy atom. The maximum Gasteiger partial charge on any atom is 0.253 e. The number of amides is 1. The zero-order chi connectivity index (χ0) is 13.8. The smallest absolute Gasteiger partial charge is 0.253 e. The van der Waals surface area contributed by atoms with Gasteiger partial charge in [0.1, 0.15) is 5.82 Å². The Balaban J connectivity index is 1.96.